The summed E-state index contributed by atoms with van der Waals surface area (Å²) in [7, 11) is 1.67. The van der Waals surface area contributed by atoms with Gasteiger partial charge in [-0.05, 0) is 67.7 Å². The van der Waals surface area contributed by atoms with Crippen molar-refractivity contribution in [3.8, 4) is 0 Å². The topological polar surface area (TPSA) is 76.5 Å². The highest BCUT2D eigenvalue weighted by atomic mass is 32.1. The van der Waals surface area contributed by atoms with Crippen LogP contribution >= 0.6 is 11.3 Å². The first-order valence-electron chi connectivity index (χ1n) is 14.0. The summed E-state index contributed by atoms with van der Waals surface area (Å²) in [6.07, 6.45) is 5.30. The SMILES string of the molecule is CCC(CC)n1c(Cc2cccs2)nc2cc(C(=O)N[C@@H](CC(C)C)C(=O)N3CCC[C@H]3COC)ccc21. The molecule has 3 heterocycles. The molecule has 0 saturated carbocycles. The Morgan fingerprint density at radius 1 is 1.21 bits per heavy atom. The maximum absolute atomic E-state index is 13.5. The summed E-state index contributed by atoms with van der Waals surface area (Å²) in [5.74, 6) is 1.06. The summed E-state index contributed by atoms with van der Waals surface area (Å²) in [5, 5.41) is 5.16. The number of likely N-dealkylation sites (tertiary alicyclic amines) is 1. The van der Waals surface area contributed by atoms with Crippen molar-refractivity contribution in [3.63, 3.8) is 0 Å². The number of ether oxygens (including phenoxy) is 1. The fraction of sp³-hybridized carbons (Fsp3) is 0.567. The second-order valence-electron chi connectivity index (χ2n) is 10.8. The lowest BCUT2D eigenvalue weighted by Gasteiger charge is -2.29. The van der Waals surface area contributed by atoms with Gasteiger partial charge in [-0.1, -0.05) is 33.8 Å². The molecule has 0 unspecified atom stereocenters. The van der Waals surface area contributed by atoms with Gasteiger partial charge < -0.3 is 19.5 Å². The van der Waals surface area contributed by atoms with Crippen molar-refractivity contribution < 1.29 is 14.3 Å². The lowest BCUT2D eigenvalue weighted by molar-refractivity contribution is -0.135. The van der Waals surface area contributed by atoms with Gasteiger partial charge >= 0.3 is 0 Å². The Balaban J connectivity index is 1.60. The van der Waals surface area contributed by atoms with Gasteiger partial charge in [0, 0.05) is 36.6 Å². The van der Waals surface area contributed by atoms with Crippen molar-refractivity contribution in [2.24, 2.45) is 5.92 Å². The largest absolute Gasteiger partial charge is 0.383 e. The number of hydrogen-bond acceptors (Lipinski definition) is 5. The van der Waals surface area contributed by atoms with Crippen LogP contribution in [0.2, 0.25) is 0 Å². The molecule has 1 fully saturated rings. The molecule has 0 aliphatic carbocycles. The Hall–Kier alpha value is -2.71. The smallest absolute Gasteiger partial charge is 0.252 e. The quantitative estimate of drug-likeness (QED) is 0.315. The minimum Gasteiger partial charge on any atom is -0.383 e. The molecule has 206 valence electrons. The second-order valence-corrected chi connectivity index (χ2v) is 11.8. The molecule has 1 aliphatic heterocycles. The summed E-state index contributed by atoms with van der Waals surface area (Å²) in [5.41, 5.74) is 2.41. The number of thiophene rings is 1. The van der Waals surface area contributed by atoms with E-state index >= 15 is 0 Å². The first kappa shape index (κ1) is 28.3. The van der Waals surface area contributed by atoms with Crippen LogP contribution in [0.3, 0.4) is 0 Å². The van der Waals surface area contributed by atoms with Gasteiger partial charge in [0.1, 0.15) is 11.9 Å². The molecule has 2 amide bonds. The highest BCUT2D eigenvalue weighted by molar-refractivity contribution is 7.09. The first-order chi connectivity index (χ1) is 18.4. The lowest BCUT2D eigenvalue weighted by Crippen LogP contribution is -2.51. The number of rotatable bonds is 12. The predicted octanol–water partition coefficient (Wildman–Crippen LogP) is 5.83. The molecule has 1 aliphatic rings. The molecule has 0 bridgehead atoms. The average molecular weight is 539 g/mol. The fourth-order valence-electron chi connectivity index (χ4n) is 5.67. The third kappa shape index (κ3) is 6.29. The maximum Gasteiger partial charge on any atom is 0.252 e. The van der Waals surface area contributed by atoms with Crippen molar-refractivity contribution in [3.05, 3.63) is 52.0 Å². The van der Waals surface area contributed by atoms with Gasteiger partial charge in [-0.3, -0.25) is 9.59 Å². The van der Waals surface area contributed by atoms with E-state index < -0.39 is 6.04 Å². The van der Waals surface area contributed by atoms with E-state index in [1.54, 1.807) is 18.4 Å². The van der Waals surface area contributed by atoms with Gasteiger partial charge in [0.05, 0.1) is 23.7 Å². The summed E-state index contributed by atoms with van der Waals surface area (Å²) < 4.78 is 7.70. The molecule has 1 aromatic carbocycles. The van der Waals surface area contributed by atoms with Gasteiger partial charge in [0.2, 0.25) is 5.91 Å². The van der Waals surface area contributed by atoms with Crippen LogP contribution in [0.4, 0.5) is 0 Å². The number of hydrogen-bond donors (Lipinski definition) is 1. The van der Waals surface area contributed by atoms with E-state index in [4.69, 9.17) is 9.72 Å². The number of fused-ring (bicyclic) bond motifs is 1. The molecule has 0 spiro atoms. The van der Waals surface area contributed by atoms with E-state index in [2.05, 4.69) is 55.1 Å². The number of carbonyl (C=O) groups is 2. The van der Waals surface area contributed by atoms with E-state index in [-0.39, 0.29) is 23.8 Å². The molecule has 1 N–H and O–H groups in total. The van der Waals surface area contributed by atoms with Crippen molar-refractivity contribution in [2.45, 2.75) is 84.3 Å². The van der Waals surface area contributed by atoms with Gasteiger partial charge in [-0.15, -0.1) is 11.3 Å². The zero-order valence-electron chi connectivity index (χ0n) is 23.4. The molecule has 2 aromatic heterocycles. The molecule has 8 heteroatoms. The standard InChI is InChI=1S/C30H42N4O3S/c1-6-22(7-2)34-27-13-12-21(17-25(27)31-28(34)18-24-11-9-15-38-24)29(35)32-26(16-20(3)4)30(36)33-14-8-10-23(33)19-37-5/h9,11-13,15,17,20,22-23,26H,6-8,10,14,16,18-19H2,1-5H3,(H,32,35)/t23-,26-/m0/s1. The summed E-state index contributed by atoms with van der Waals surface area (Å²) >= 11 is 1.74. The van der Waals surface area contributed by atoms with Gasteiger partial charge in [-0.25, -0.2) is 4.98 Å². The monoisotopic (exact) mass is 538 g/mol. The average Bonchev–Trinajstić information content (AvgIpc) is 3.65. The lowest BCUT2D eigenvalue weighted by atomic mass is 10.0. The number of amides is 2. The van der Waals surface area contributed by atoms with Gasteiger partial charge in [0.25, 0.3) is 5.91 Å². The van der Waals surface area contributed by atoms with Crippen LogP contribution in [0, 0.1) is 5.92 Å². The van der Waals surface area contributed by atoms with Crippen molar-refractivity contribution in [2.75, 3.05) is 20.3 Å². The number of imidazole rings is 1. The normalized spacial score (nSPS) is 16.6. The second kappa shape index (κ2) is 12.9. The van der Waals surface area contributed by atoms with Crippen molar-refractivity contribution in [1.82, 2.24) is 19.8 Å². The molecule has 4 rings (SSSR count). The minimum absolute atomic E-state index is 0.0103. The molecular weight excluding hydrogens is 496 g/mol. The number of carbonyl (C=O) groups excluding carboxylic acids is 2. The highest BCUT2D eigenvalue weighted by Crippen LogP contribution is 2.29. The van der Waals surface area contributed by atoms with Crippen LogP contribution in [-0.4, -0.2) is 58.6 Å². The number of nitrogens with zero attached hydrogens (tertiary/aromatic N) is 3. The van der Waals surface area contributed by atoms with Gasteiger partial charge in [-0.2, -0.15) is 0 Å². The van der Waals surface area contributed by atoms with Crippen LogP contribution in [0.1, 0.15) is 86.9 Å². The molecule has 2 atom stereocenters. The molecule has 1 saturated heterocycles. The first-order valence-corrected chi connectivity index (χ1v) is 14.9. The Bertz CT molecular complexity index is 1220. The maximum atomic E-state index is 13.5. The van der Waals surface area contributed by atoms with Gasteiger partial charge in [0.15, 0.2) is 0 Å². The fourth-order valence-corrected chi connectivity index (χ4v) is 6.37. The third-order valence-corrected chi connectivity index (χ3v) is 8.45. The van der Waals surface area contributed by atoms with E-state index in [1.165, 1.54) is 4.88 Å². The third-order valence-electron chi connectivity index (χ3n) is 7.57. The van der Waals surface area contributed by atoms with Crippen LogP contribution in [0.25, 0.3) is 11.0 Å². The van der Waals surface area contributed by atoms with E-state index in [1.807, 2.05) is 23.1 Å². The number of aromatic nitrogens is 2. The Labute approximate surface area is 230 Å². The summed E-state index contributed by atoms with van der Waals surface area (Å²) in [4.78, 5) is 35.2. The molecule has 7 nitrogen and oxygen atoms in total. The summed E-state index contributed by atoms with van der Waals surface area (Å²) in [6.45, 7) is 9.81. The zero-order valence-corrected chi connectivity index (χ0v) is 24.2. The Morgan fingerprint density at radius 2 is 2.00 bits per heavy atom. The van der Waals surface area contributed by atoms with Crippen LogP contribution < -0.4 is 5.32 Å². The van der Waals surface area contributed by atoms with E-state index in [0.717, 1.165) is 49.0 Å². The molecular formula is C30H42N4O3S. The van der Waals surface area contributed by atoms with Crippen LogP contribution in [0.5, 0.6) is 0 Å². The van der Waals surface area contributed by atoms with E-state index in [0.29, 0.717) is 31.2 Å². The summed E-state index contributed by atoms with van der Waals surface area (Å²) in [6, 6.07) is 9.84. The van der Waals surface area contributed by atoms with Crippen LogP contribution in [-0.2, 0) is 16.0 Å². The highest BCUT2D eigenvalue weighted by Gasteiger charge is 2.34. The predicted molar refractivity (Wildman–Crippen MR) is 154 cm³/mol. The number of methoxy groups -OCH3 is 1. The van der Waals surface area contributed by atoms with Crippen molar-refractivity contribution >= 4 is 34.2 Å². The van der Waals surface area contributed by atoms with Crippen molar-refractivity contribution in [1.29, 1.82) is 0 Å². The van der Waals surface area contributed by atoms with E-state index in [9.17, 15) is 9.59 Å². The van der Waals surface area contributed by atoms with Crippen LogP contribution in [0.15, 0.2) is 35.7 Å². The molecule has 0 radical (unpaired) electrons. The molecule has 38 heavy (non-hydrogen) atoms. The Kier molecular flexibility index (Phi) is 9.60. The molecule has 3 aromatic rings. The Morgan fingerprint density at radius 3 is 2.66 bits per heavy atom. The zero-order chi connectivity index (χ0) is 27.2. The number of benzene rings is 1. The minimum atomic E-state index is -0.563. The number of nitrogens with one attached hydrogen (secondary N) is 1.